The van der Waals surface area contributed by atoms with Crippen LogP contribution in [-0.2, 0) is 4.74 Å². The lowest BCUT2D eigenvalue weighted by Crippen LogP contribution is -2.43. The Morgan fingerprint density at radius 3 is 2.84 bits per heavy atom. The van der Waals surface area contributed by atoms with Gasteiger partial charge >= 0.3 is 6.09 Å². The lowest BCUT2D eigenvalue weighted by atomic mass is 9.69. The zero-order valence-corrected chi connectivity index (χ0v) is 11.8. The van der Waals surface area contributed by atoms with Crippen LogP contribution in [0, 0.1) is 5.41 Å². The van der Waals surface area contributed by atoms with Crippen molar-refractivity contribution in [1.29, 1.82) is 0 Å². The summed E-state index contributed by atoms with van der Waals surface area (Å²) in [7, 11) is 1.46. The number of fused-ring (bicyclic) bond motifs is 3. The van der Waals surface area contributed by atoms with Gasteiger partial charge in [0.15, 0.2) is 0 Å². The predicted molar refractivity (Wildman–Crippen MR) is 75.5 cm³/mol. The number of hydrogen-bond acceptors (Lipinski definition) is 2. The maximum Gasteiger partial charge on any atom is 0.414 e. The number of ether oxygens (including phenoxy) is 1. The highest BCUT2D eigenvalue weighted by atomic mass is 16.5. The number of nitrogens with zero attached hydrogens (tertiary/aromatic N) is 1. The molecule has 1 saturated carbocycles. The number of carbonyl (C=O) groups excluding carboxylic acids is 1. The van der Waals surface area contributed by atoms with E-state index in [0.29, 0.717) is 11.3 Å². The van der Waals surface area contributed by atoms with Crippen molar-refractivity contribution < 1.29 is 9.53 Å². The molecule has 1 aromatic carbocycles. The number of hydrogen-bond donors (Lipinski definition) is 0. The van der Waals surface area contributed by atoms with Gasteiger partial charge < -0.3 is 4.74 Å². The molecule has 3 rings (SSSR count). The fraction of sp³-hybridized carbons (Fsp3) is 0.562. The summed E-state index contributed by atoms with van der Waals surface area (Å²) in [6.07, 6.45) is 3.14. The Bertz CT molecular complexity index is 509. The van der Waals surface area contributed by atoms with Gasteiger partial charge in [-0.2, -0.15) is 0 Å². The van der Waals surface area contributed by atoms with Crippen LogP contribution in [0.25, 0.3) is 0 Å². The van der Waals surface area contributed by atoms with Gasteiger partial charge in [0.05, 0.1) is 12.8 Å². The van der Waals surface area contributed by atoms with Gasteiger partial charge in [-0.1, -0.05) is 32.0 Å². The van der Waals surface area contributed by atoms with Gasteiger partial charge in [-0.25, -0.2) is 4.79 Å². The number of methoxy groups -OCH3 is 1. The van der Waals surface area contributed by atoms with E-state index in [1.54, 1.807) is 0 Å². The fourth-order valence-electron chi connectivity index (χ4n) is 3.73. The SMILES string of the molecule is COC(=O)N1c2ccccc2[C@H]2CC(C)(C)CC[C@@H]21. The summed E-state index contributed by atoms with van der Waals surface area (Å²) >= 11 is 0. The molecule has 1 amide bonds. The van der Waals surface area contributed by atoms with E-state index >= 15 is 0 Å². The van der Waals surface area contributed by atoms with Crippen LogP contribution >= 0.6 is 0 Å². The van der Waals surface area contributed by atoms with E-state index in [1.807, 2.05) is 17.0 Å². The first-order valence-electron chi connectivity index (χ1n) is 6.99. The standard InChI is InChI=1S/C16H21NO2/c1-16(2)9-8-14-12(10-16)11-6-4-5-7-13(11)17(14)15(18)19-3/h4-7,12,14H,8-10H2,1-3H3/t12-,14+/m1/s1. The van der Waals surface area contributed by atoms with Crippen molar-refractivity contribution >= 4 is 11.8 Å². The zero-order chi connectivity index (χ0) is 13.6. The second kappa shape index (κ2) is 4.26. The third kappa shape index (κ3) is 1.92. The molecule has 2 aliphatic rings. The molecule has 0 unspecified atom stereocenters. The highest BCUT2D eigenvalue weighted by molar-refractivity contribution is 5.91. The van der Waals surface area contributed by atoms with Crippen LogP contribution in [0.15, 0.2) is 24.3 Å². The van der Waals surface area contributed by atoms with Crippen LogP contribution < -0.4 is 4.90 Å². The Morgan fingerprint density at radius 1 is 1.37 bits per heavy atom. The predicted octanol–water partition coefficient (Wildman–Crippen LogP) is 3.94. The number of amides is 1. The Hall–Kier alpha value is -1.51. The van der Waals surface area contributed by atoms with Gasteiger partial charge in [-0.3, -0.25) is 4.90 Å². The number of benzene rings is 1. The Kier molecular flexibility index (Phi) is 2.80. The molecule has 0 N–H and O–H groups in total. The van der Waals surface area contributed by atoms with Gasteiger partial charge in [0.2, 0.25) is 0 Å². The minimum absolute atomic E-state index is 0.223. The van der Waals surface area contributed by atoms with Crippen LogP contribution in [-0.4, -0.2) is 19.2 Å². The second-order valence-electron chi connectivity index (χ2n) is 6.48. The van der Waals surface area contributed by atoms with Crippen molar-refractivity contribution in [3.8, 4) is 0 Å². The largest absolute Gasteiger partial charge is 0.452 e. The van der Waals surface area contributed by atoms with Gasteiger partial charge in [0, 0.05) is 12.0 Å². The molecule has 0 radical (unpaired) electrons. The third-order valence-electron chi connectivity index (χ3n) is 4.65. The first kappa shape index (κ1) is 12.5. The number of para-hydroxylation sites is 1. The molecule has 102 valence electrons. The summed E-state index contributed by atoms with van der Waals surface area (Å²) < 4.78 is 4.98. The Balaban J connectivity index is 2.04. The van der Waals surface area contributed by atoms with Crippen LogP contribution in [0.4, 0.5) is 10.5 Å². The van der Waals surface area contributed by atoms with Crippen molar-refractivity contribution in [2.45, 2.75) is 45.1 Å². The van der Waals surface area contributed by atoms with Crippen molar-refractivity contribution in [3.63, 3.8) is 0 Å². The summed E-state index contributed by atoms with van der Waals surface area (Å²) in [5, 5.41) is 0. The van der Waals surface area contributed by atoms with E-state index < -0.39 is 0 Å². The molecule has 1 aromatic rings. The first-order valence-corrected chi connectivity index (χ1v) is 6.99. The molecule has 1 heterocycles. The summed E-state index contributed by atoms with van der Waals surface area (Å²) in [4.78, 5) is 14.0. The van der Waals surface area contributed by atoms with E-state index in [0.717, 1.165) is 24.9 Å². The maximum absolute atomic E-state index is 12.1. The molecule has 1 aliphatic heterocycles. The van der Waals surface area contributed by atoms with Crippen LogP contribution in [0.3, 0.4) is 0 Å². The summed E-state index contributed by atoms with van der Waals surface area (Å²) in [6.45, 7) is 4.65. The topological polar surface area (TPSA) is 29.5 Å². The third-order valence-corrected chi connectivity index (χ3v) is 4.65. The molecule has 3 nitrogen and oxygen atoms in total. The first-order chi connectivity index (χ1) is 9.03. The molecule has 3 heteroatoms. The minimum Gasteiger partial charge on any atom is -0.452 e. The van der Waals surface area contributed by atoms with Crippen molar-refractivity contribution in [3.05, 3.63) is 29.8 Å². The quantitative estimate of drug-likeness (QED) is 0.706. The van der Waals surface area contributed by atoms with Gasteiger partial charge in [0.25, 0.3) is 0 Å². The summed E-state index contributed by atoms with van der Waals surface area (Å²) in [5.41, 5.74) is 2.72. The molecule has 19 heavy (non-hydrogen) atoms. The average Bonchev–Trinajstić information content (AvgIpc) is 2.71. The van der Waals surface area contributed by atoms with E-state index in [2.05, 4.69) is 26.0 Å². The van der Waals surface area contributed by atoms with Crippen LogP contribution in [0.5, 0.6) is 0 Å². The average molecular weight is 259 g/mol. The second-order valence-corrected chi connectivity index (χ2v) is 6.48. The number of anilines is 1. The van der Waals surface area contributed by atoms with Crippen molar-refractivity contribution in [2.75, 3.05) is 12.0 Å². The molecular formula is C16H21NO2. The summed E-state index contributed by atoms with van der Waals surface area (Å²) in [6, 6.07) is 8.54. The lowest BCUT2D eigenvalue weighted by Gasteiger charge is -2.39. The Labute approximate surface area is 114 Å². The summed E-state index contributed by atoms with van der Waals surface area (Å²) in [5.74, 6) is 0.457. The molecular weight excluding hydrogens is 238 g/mol. The van der Waals surface area contributed by atoms with E-state index in [-0.39, 0.29) is 12.1 Å². The number of carbonyl (C=O) groups is 1. The minimum atomic E-state index is -0.223. The molecule has 2 atom stereocenters. The molecule has 1 aliphatic carbocycles. The van der Waals surface area contributed by atoms with Crippen molar-refractivity contribution in [2.24, 2.45) is 5.41 Å². The number of rotatable bonds is 0. The Morgan fingerprint density at radius 2 is 2.11 bits per heavy atom. The van der Waals surface area contributed by atoms with Crippen LogP contribution in [0.2, 0.25) is 0 Å². The lowest BCUT2D eigenvalue weighted by molar-refractivity contribution is 0.163. The molecule has 0 spiro atoms. The van der Waals surface area contributed by atoms with E-state index in [1.165, 1.54) is 12.7 Å². The van der Waals surface area contributed by atoms with E-state index in [9.17, 15) is 4.79 Å². The fourth-order valence-corrected chi connectivity index (χ4v) is 3.73. The molecule has 0 saturated heterocycles. The normalized spacial score (nSPS) is 27.6. The van der Waals surface area contributed by atoms with Gasteiger partial charge in [-0.15, -0.1) is 0 Å². The monoisotopic (exact) mass is 259 g/mol. The van der Waals surface area contributed by atoms with E-state index in [4.69, 9.17) is 4.74 Å². The van der Waals surface area contributed by atoms with Crippen LogP contribution in [0.1, 0.15) is 44.6 Å². The van der Waals surface area contributed by atoms with Crippen molar-refractivity contribution in [1.82, 2.24) is 0 Å². The molecule has 0 bridgehead atoms. The zero-order valence-electron chi connectivity index (χ0n) is 11.8. The molecule has 0 aromatic heterocycles. The highest BCUT2D eigenvalue weighted by Crippen LogP contribution is 2.52. The smallest absolute Gasteiger partial charge is 0.414 e. The maximum atomic E-state index is 12.1. The molecule has 1 fully saturated rings. The van der Waals surface area contributed by atoms with Gasteiger partial charge in [0.1, 0.15) is 0 Å². The van der Waals surface area contributed by atoms with Gasteiger partial charge in [-0.05, 0) is 36.3 Å². The highest BCUT2D eigenvalue weighted by Gasteiger charge is 2.46.